The summed E-state index contributed by atoms with van der Waals surface area (Å²) in [5.41, 5.74) is 0. The van der Waals surface area contributed by atoms with Crippen molar-refractivity contribution in [3.05, 3.63) is 0 Å². The first-order valence-electron chi connectivity index (χ1n) is 5.15. The van der Waals surface area contributed by atoms with Crippen molar-refractivity contribution in [1.82, 2.24) is 4.90 Å². The monoisotopic (exact) mass is 202 g/mol. The first-order valence-corrected chi connectivity index (χ1v) is 5.15. The van der Waals surface area contributed by atoms with Crippen molar-refractivity contribution in [2.24, 2.45) is 4.99 Å². The summed E-state index contributed by atoms with van der Waals surface area (Å²) in [6.07, 6.45) is 1.45. The maximum absolute atomic E-state index is 5.20. The van der Waals surface area contributed by atoms with Gasteiger partial charge in [0.1, 0.15) is 0 Å². The predicted octanol–water partition coefficient (Wildman–Crippen LogP) is 1.37. The molecule has 0 fully saturated rings. The molecule has 4 heteroatoms. The van der Waals surface area contributed by atoms with E-state index in [2.05, 4.69) is 24.0 Å². The van der Waals surface area contributed by atoms with Gasteiger partial charge in [-0.3, -0.25) is 0 Å². The molecule has 0 aromatic carbocycles. The van der Waals surface area contributed by atoms with Gasteiger partial charge in [-0.2, -0.15) is 0 Å². The first kappa shape index (κ1) is 13.2. The Morgan fingerprint density at radius 2 is 1.71 bits per heavy atom. The van der Waals surface area contributed by atoms with Crippen LogP contribution in [-0.4, -0.2) is 51.4 Å². The van der Waals surface area contributed by atoms with E-state index in [1.807, 2.05) is 13.8 Å². The fourth-order valence-electron chi connectivity index (χ4n) is 0.937. The summed E-state index contributed by atoms with van der Waals surface area (Å²) >= 11 is 0. The van der Waals surface area contributed by atoms with E-state index in [9.17, 15) is 0 Å². The minimum absolute atomic E-state index is 0.425. The molecule has 0 unspecified atom stereocenters. The van der Waals surface area contributed by atoms with Gasteiger partial charge in [0.25, 0.3) is 0 Å². The molecule has 0 N–H and O–H groups in total. The van der Waals surface area contributed by atoms with Crippen LogP contribution in [0.3, 0.4) is 0 Å². The standard InChI is InChI=1S/C10H22N2O2/c1-5-13-10(14-6-2)11-8-7-9-12(3)4/h5-9H2,1-4H3. The van der Waals surface area contributed by atoms with Gasteiger partial charge >= 0.3 is 6.08 Å². The van der Waals surface area contributed by atoms with Crippen LogP contribution in [-0.2, 0) is 9.47 Å². The topological polar surface area (TPSA) is 34.1 Å². The second-order valence-electron chi connectivity index (χ2n) is 3.17. The molecule has 0 aromatic heterocycles. The summed E-state index contributed by atoms with van der Waals surface area (Å²) < 4.78 is 10.4. The van der Waals surface area contributed by atoms with Crippen LogP contribution < -0.4 is 0 Å². The van der Waals surface area contributed by atoms with Gasteiger partial charge in [0, 0.05) is 6.54 Å². The number of hydrogen-bond donors (Lipinski definition) is 0. The zero-order valence-corrected chi connectivity index (χ0v) is 9.75. The summed E-state index contributed by atoms with van der Waals surface area (Å²) in [5, 5.41) is 0. The lowest BCUT2D eigenvalue weighted by molar-refractivity contribution is 0.179. The van der Waals surface area contributed by atoms with Gasteiger partial charge in [0.2, 0.25) is 0 Å². The van der Waals surface area contributed by atoms with Crippen LogP contribution >= 0.6 is 0 Å². The fourth-order valence-corrected chi connectivity index (χ4v) is 0.937. The lowest BCUT2D eigenvalue weighted by atomic mass is 10.4. The average Bonchev–Trinajstić information content (AvgIpc) is 2.12. The van der Waals surface area contributed by atoms with E-state index in [0.29, 0.717) is 19.3 Å². The Labute approximate surface area is 86.9 Å². The van der Waals surface area contributed by atoms with Gasteiger partial charge in [-0.15, -0.1) is 0 Å². The Bertz CT molecular complexity index is 150. The largest absolute Gasteiger partial charge is 0.451 e. The highest BCUT2D eigenvalue weighted by molar-refractivity contribution is 5.66. The molecule has 0 aliphatic carbocycles. The number of rotatable bonds is 6. The Morgan fingerprint density at radius 3 is 2.14 bits per heavy atom. The Balaban J connectivity index is 3.66. The molecule has 0 aromatic rings. The lowest BCUT2D eigenvalue weighted by Gasteiger charge is -2.09. The van der Waals surface area contributed by atoms with Crippen LogP contribution in [0.25, 0.3) is 0 Å². The third-order valence-corrected chi connectivity index (χ3v) is 1.54. The van der Waals surface area contributed by atoms with Crippen LogP contribution in [0, 0.1) is 0 Å². The van der Waals surface area contributed by atoms with Crippen LogP contribution in [0.5, 0.6) is 0 Å². The minimum atomic E-state index is 0.425. The molecule has 0 rings (SSSR count). The smallest absolute Gasteiger partial charge is 0.383 e. The second kappa shape index (κ2) is 8.81. The summed E-state index contributed by atoms with van der Waals surface area (Å²) in [7, 11) is 4.10. The second-order valence-corrected chi connectivity index (χ2v) is 3.17. The van der Waals surface area contributed by atoms with Crippen LogP contribution in [0.4, 0.5) is 0 Å². The summed E-state index contributed by atoms with van der Waals surface area (Å²) in [6.45, 7) is 6.85. The highest BCUT2D eigenvalue weighted by atomic mass is 16.7. The number of hydrogen-bond acceptors (Lipinski definition) is 4. The summed E-state index contributed by atoms with van der Waals surface area (Å²) in [4.78, 5) is 6.36. The number of ether oxygens (including phenoxy) is 2. The van der Waals surface area contributed by atoms with Crippen LogP contribution in [0.2, 0.25) is 0 Å². The zero-order chi connectivity index (χ0) is 10.8. The predicted molar refractivity (Wildman–Crippen MR) is 58.7 cm³/mol. The van der Waals surface area contributed by atoms with Gasteiger partial charge < -0.3 is 14.4 Å². The van der Waals surface area contributed by atoms with E-state index in [4.69, 9.17) is 9.47 Å². The molecule has 0 atom stereocenters. The molecule has 0 aliphatic rings. The third-order valence-electron chi connectivity index (χ3n) is 1.54. The van der Waals surface area contributed by atoms with E-state index >= 15 is 0 Å². The van der Waals surface area contributed by atoms with Crippen molar-refractivity contribution in [3.8, 4) is 0 Å². The number of nitrogens with zero attached hydrogens (tertiary/aromatic N) is 2. The highest BCUT2D eigenvalue weighted by Gasteiger charge is 1.98. The SMILES string of the molecule is CCOC(=NCCCN(C)C)OCC. The van der Waals surface area contributed by atoms with Gasteiger partial charge in [0.15, 0.2) is 0 Å². The Morgan fingerprint density at radius 1 is 1.14 bits per heavy atom. The third kappa shape index (κ3) is 7.86. The van der Waals surface area contributed by atoms with Crippen LogP contribution in [0.15, 0.2) is 4.99 Å². The van der Waals surface area contributed by atoms with Crippen molar-refractivity contribution in [1.29, 1.82) is 0 Å². The Kier molecular flexibility index (Phi) is 8.33. The van der Waals surface area contributed by atoms with Crippen molar-refractivity contribution in [3.63, 3.8) is 0 Å². The van der Waals surface area contributed by atoms with Crippen molar-refractivity contribution in [2.75, 3.05) is 40.4 Å². The molecule has 14 heavy (non-hydrogen) atoms. The number of aliphatic imine (C=N–C) groups is 1. The molecular formula is C10H22N2O2. The summed E-state index contributed by atoms with van der Waals surface area (Å²) in [5.74, 6) is 0. The fraction of sp³-hybridized carbons (Fsp3) is 0.900. The van der Waals surface area contributed by atoms with Gasteiger partial charge in [-0.1, -0.05) is 0 Å². The first-order chi connectivity index (χ1) is 6.70. The molecule has 0 bridgehead atoms. The molecule has 4 nitrogen and oxygen atoms in total. The van der Waals surface area contributed by atoms with Crippen LogP contribution in [0.1, 0.15) is 20.3 Å². The minimum Gasteiger partial charge on any atom is -0.451 e. The maximum Gasteiger partial charge on any atom is 0.383 e. The van der Waals surface area contributed by atoms with E-state index < -0.39 is 0 Å². The van der Waals surface area contributed by atoms with Gasteiger partial charge in [-0.25, -0.2) is 4.99 Å². The van der Waals surface area contributed by atoms with E-state index in [1.54, 1.807) is 0 Å². The molecule has 0 amide bonds. The van der Waals surface area contributed by atoms with Crippen molar-refractivity contribution < 1.29 is 9.47 Å². The van der Waals surface area contributed by atoms with Gasteiger partial charge in [-0.05, 0) is 40.9 Å². The zero-order valence-electron chi connectivity index (χ0n) is 9.75. The molecule has 0 saturated carbocycles. The average molecular weight is 202 g/mol. The quantitative estimate of drug-likeness (QED) is 0.370. The lowest BCUT2D eigenvalue weighted by Crippen LogP contribution is -2.15. The molecule has 0 saturated heterocycles. The molecule has 0 aliphatic heterocycles. The van der Waals surface area contributed by atoms with Crippen molar-refractivity contribution >= 4 is 6.08 Å². The van der Waals surface area contributed by atoms with E-state index in [1.165, 1.54) is 0 Å². The molecule has 0 heterocycles. The van der Waals surface area contributed by atoms with E-state index in [0.717, 1.165) is 19.5 Å². The molecular weight excluding hydrogens is 180 g/mol. The van der Waals surface area contributed by atoms with E-state index in [-0.39, 0.29) is 0 Å². The molecule has 84 valence electrons. The molecule has 0 radical (unpaired) electrons. The van der Waals surface area contributed by atoms with Crippen molar-refractivity contribution in [2.45, 2.75) is 20.3 Å². The normalized spacial score (nSPS) is 10.1. The highest BCUT2D eigenvalue weighted by Crippen LogP contribution is 1.90. The summed E-state index contributed by atoms with van der Waals surface area (Å²) in [6, 6.07) is 0. The van der Waals surface area contributed by atoms with Gasteiger partial charge in [0.05, 0.1) is 13.2 Å². The Hall–Kier alpha value is -0.770. The molecule has 0 spiro atoms. The maximum atomic E-state index is 5.20.